The van der Waals surface area contributed by atoms with Crippen LogP contribution in [0.2, 0.25) is 0 Å². The maximum atomic E-state index is 12.4. The summed E-state index contributed by atoms with van der Waals surface area (Å²) >= 11 is 2.85. The molecule has 0 aliphatic heterocycles. The Kier molecular flexibility index (Phi) is 7.66. The van der Waals surface area contributed by atoms with E-state index in [1.807, 2.05) is 47.8 Å². The first kappa shape index (κ1) is 21.3. The van der Waals surface area contributed by atoms with Crippen molar-refractivity contribution in [3.8, 4) is 0 Å². The highest BCUT2D eigenvalue weighted by Gasteiger charge is 2.11. The maximum Gasteiger partial charge on any atom is 0.234 e. The lowest BCUT2D eigenvalue weighted by Gasteiger charge is -2.08. The molecule has 2 amide bonds. The standard InChI is InChI=1S/C22H25N3O2S2/c1-15(2)10-11-23-20(26)12-17-13-28-22(24-17)29-14-21(27)25-19-9-5-7-16-6-3-4-8-18(16)19/h3-9,13,15H,10-12,14H2,1-2H3,(H,23,26)(H,25,27). The normalized spacial score (nSPS) is 11.0. The zero-order valence-electron chi connectivity index (χ0n) is 16.6. The summed E-state index contributed by atoms with van der Waals surface area (Å²) in [5, 5.41) is 9.89. The van der Waals surface area contributed by atoms with Crippen LogP contribution in [0.5, 0.6) is 0 Å². The van der Waals surface area contributed by atoms with Crippen LogP contribution >= 0.6 is 23.1 Å². The first-order valence-corrected chi connectivity index (χ1v) is 11.5. The van der Waals surface area contributed by atoms with E-state index in [0.717, 1.165) is 32.9 Å². The average molecular weight is 428 g/mol. The molecular weight excluding hydrogens is 402 g/mol. The minimum Gasteiger partial charge on any atom is -0.356 e. The van der Waals surface area contributed by atoms with Crippen LogP contribution in [-0.2, 0) is 16.0 Å². The third-order valence-electron chi connectivity index (χ3n) is 4.31. The van der Waals surface area contributed by atoms with Crippen molar-refractivity contribution in [2.24, 2.45) is 5.92 Å². The quantitative estimate of drug-likeness (QED) is 0.484. The van der Waals surface area contributed by atoms with E-state index in [4.69, 9.17) is 0 Å². The Morgan fingerprint density at radius 3 is 2.72 bits per heavy atom. The fourth-order valence-electron chi connectivity index (χ4n) is 2.81. The number of carbonyl (C=O) groups excluding carboxylic acids is 2. The van der Waals surface area contributed by atoms with E-state index in [9.17, 15) is 9.59 Å². The van der Waals surface area contributed by atoms with Crippen molar-refractivity contribution >= 4 is 51.4 Å². The van der Waals surface area contributed by atoms with E-state index in [1.54, 1.807) is 0 Å². The van der Waals surface area contributed by atoms with Gasteiger partial charge in [-0.25, -0.2) is 4.98 Å². The van der Waals surface area contributed by atoms with Gasteiger partial charge in [0.15, 0.2) is 4.34 Å². The summed E-state index contributed by atoms with van der Waals surface area (Å²) in [7, 11) is 0. The van der Waals surface area contributed by atoms with Gasteiger partial charge >= 0.3 is 0 Å². The Morgan fingerprint density at radius 2 is 1.90 bits per heavy atom. The van der Waals surface area contributed by atoms with Gasteiger partial charge in [0.2, 0.25) is 11.8 Å². The molecule has 29 heavy (non-hydrogen) atoms. The topological polar surface area (TPSA) is 71.1 Å². The van der Waals surface area contributed by atoms with Gasteiger partial charge in [-0.3, -0.25) is 9.59 Å². The summed E-state index contributed by atoms with van der Waals surface area (Å²) in [5.74, 6) is 0.754. The van der Waals surface area contributed by atoms with Gasteiger partial charge in [0, 0.05) is 23.0 Å². The lowest BCUT2D eigenvalue weighted by atomic mass is 10.1. The van der Waals surface area contributed by atoms with Gasteiger partial charge in [-0.05, 0) is 23.8 Å². The van der Waals surface area contributed by atoms with Gasteiger partial charge in [0.1, 0.15) is 0 Å². The summed E-state index contributed by atoms with van der Waals surface area (Å²) in [6.07, 6.45) is 1.24. The predicted molar refractivity (Wildman–Crippen MR) is 122 cm³/mol. The number of thioether (sulfide) groups is 1. The third-order valence-corrected chi connectivity index (χ3v) is 6.38. The summed E-state index contributed by atoms with van der Waals surface area (Å²) in [4.78, 5) is 28.8. The molecule has 0 fully saturated rings. The van der Waals surface area contributed by atoms with Crippen molar-refractivity contribution in [1.82, 2.24) is 10.3 Å². The van der Waals surface area contributed by atoms with Crippen molar-refractivity contribution in [1.29, 1.82) is 0 Å². The lowest BCUT2D eigenvalue weighted by Crippen LogP contribution is -2.26. The van der Waals surface area contributed by atoms with E-state index in [0.29, 0.717) is 12.5 Å². The molecule has 0 spiro atoms. The number of anilines is 1. The van der Waals surface area contributed by atoms with Crippen LogP contribution in [-0.4, -0.2) is 29.1 Å². The molecule has 3 aromatic rings. The molecule has 0 saturated heterocycles. The molecule has 0 aliphatic carbocycles. The van der Waals surface area contributed by atoms with Crippen molar-refractivity contribution in [2.45, 2.75) is 31.0 Å². The highest BCUT2D eigenvalue weighted by atomic mass is 32.2. The van der Waals surface area contributed by atoms with E-state index < -0.39 is 0 Å². The molecular formula is C22H25N3O2S2. The number of hydrogen-bond donors (Lipinski definition) is 2. The largest absolute Gasteiger partial charge is 0.356 e. The molecule has 0 aliphatic rings. The van der Waals surface area contributed by atoms with Gasteiger partial charge < -0.3 is 10.6 Å². The third kappa shape index (κ3) is 6.58. The Balaban J connectivity index is 1.48. The molecule has 152 valence electrons. The second-order valence-corrected chi connectivity index (χ2v) is 9.26. The molecule has 0 saturated carbocycles. The minimum atomic E-state index is -0.0745. The number of rotatable bonds is 9. The Bertz CT molecular complexity index is 980. The van der Waals surface area contributed by atoms with Crippen molar-refractivity contribution in [3.05, 3.63) is 53.5 Å². The van der Waals surface area contributed by atoms with Crippen LogP contribution in [0.4, 0.5) is 5.69 Å². The predicted octanol–water partition coefficient (Wildman–Crippen LogP) is 4.73. The van der Waals surface area contributed by atoms with E-state index in [-0.39, 0.29) is 24.0 Å². The smallest absolute Gasteiger partial charge is 0.234 e. The van der Waals surface area contributed by atoms with E-state index in [2.05, 4.69) is 29.5 Å². The van der Waals surface area contributed by atoms with Crippen LogP contribution in [0.25, 0.3) is 10.8 Å². The van der Waals surface area contributed by atoms with Crippen LogP contribution in [0.3, 0.4) is 0 Å². The molecule has 5 nitrogen and oxygen atoms in total. The first-order valence-electron chi connectivity index (χ1n) is 9.63. The average Bonchev–Trinajstić information content (AvgIpc) is 3.13. The number of benzene rings is 2. The zero-order chi connectivity index (χ0) is 20.6. The molecule has 1 aromatic heterocycles. The van der Waals surface area contributed by atoms with Crippen molar-refractivity contribution in [3.63, 3.8) is 0 Å². The second kappa shape index (κ2) is 10.4. The lowest BCUT2D eigenvalue weighted by molar-refractivity contribution is -0.120. The molecule has 3 rings (SSSR count). The highest BCUT2D eigenvalue weighted by molar-refractivity contribution is 8.01. The monoisotopic (exact) mass is 427 g/mol. The fourth-order valence-corrected chi connectivity index (χ4v) is 4.46. The molecule has 7 heteroatoms. The summed E-state index contributed by atoms with van der Waals surface area (Å²) in [6, 6.07) is 13.8. The Morgan fingerprint density at radius 1 is 1.10 bits per heavy atom. The molecule has 0 atom stereocenters. The van der Waals surface area contributed by atoms with Crippen molar-refractivity contribution in [2.75, 3.05) is 17.6 Å². The SMILES string of the molecule is CC(C)CCNC(=O)Cc1csc(SCC(=O)Nc2cccc3ccccc23)n1. The van der Waals surface area contributed by atoms with Crippen LogP contribution in [0.1, 0.15) is 26.0 Å². The molecule has 0 bridgehead atoms. The molecule has 2 N–H and O–H groups in total. The fraction of sp³-hybridized carbons (Fsp3) is 0.318. The first-order chi connectivity index (χ1) is 14.0. The van der Waals surface area contributed by atoms with Gasteiger partial charge in [-0.1, -0.05) is 62.0 Å². The second-order valence-electron chi connectivity index (χ2n) is 7.18. The molecule has 1 heterocycles. The molecule has 0 unspecified atom stereocenters. The minimum absolute atomic E-state index is 0.0128. The van der Waals surface area contributed by atoms with Gasteiger partial charge in [0.05, 0.1) is 17.9 Å². The van der Waals surface area contributed by atoms with E-state index in [1.165, 1.54) is 23.1 Å². The Hall–Kier alpha value is -2.38. The number of nitrogens with one attached hydrogen (secondary N) is 2. The Labute approximate surface area is 179 Å². The highest BCUT2D eigenvalue weighted by Crippen LogP contribution is 2.25. The van der Waals surface area contributed by atoms with Crippen LogP contribution < -0.4 is 10.6 Å². The van der Waals surface area contributed by atoms with Gasteiger partial charge in [0.25, 0.3) is 0 Å². The number of fused-ring (bicyclic) bond motifs is 1. The number of nitrogens with zero attached hydrogens (tertiary/aromatic N) is 1. The number of aromatic nitrogens is 1. The number of amides is 2. The van der Waals surface area contributed by atoms with Gasteiger partial charge in [-0.15, -0.1) is 11.3 Å². The maximum absolute atomic E-state index is 12.4. The number of hydrogen-bond acceptors (Lipinski definition) is 5. The summed E-state index contributed by atoms with van der Waals surface area (Å²) in [6.45, 7) is 4.95. The molecule has 0 radical (unpaired) electrons. The summed E-state index contributed by atoms with van der Waals surface area (Å²) in [5.41, 5.74) is 1.56. The van der Waals surface area contributed by atoms with Crippen LogP contribution in [0, 0.1) is 5.92 Å². The zero-order valence-corrected chi connectivity index (χ0v) is 18.2. The number of thiazole rings is 1. The van der Waals surface area contributed by atoms with E-state index >= 15 is 0 Å². The van der Waals surface area contributed by atoms with Crippen molar-refractivity contribution < 1.29 is 9.59 Å². The molecule has 2 aromatic carbocycles. The van der Waals surface area contributed by atoms with Crippen LogP contribution in [0.15, 0.2) is 52.2 Å². The number of carbonyl (C=O) groups is 2. The van der Waals surface area contributed by atoms with Gasteiger partial charge in [-0.2, -0.15) is 0 Å². The summed E-state index contributed by atoms with van der Waals surface area (Å²) < 4.78 is 0.794.